The van der Waals surface area contributed by atoms with E-state index in [0.717, 1.165) is 15.8 Å². The minimum absolute atomic E-state index is 0.103. The van der Waals surface area contributed by atoms with Crippen molar-refractivity contribution in [2.24, 2.45) is 0 Å². The van der Waals surface area contributed by atoms with Crippen LogP contribution in [0.15, 0.2) is 36.4 Å². The zero-order valence-corrected chi connectivity index (χ0v) is 16.2. The number of hydrogen-bond donors (Lipinski definition) is 1. The average molecular weight is 384 g/mol. The fourth-order valence-corrected chi connectivity index (χ4v) is 3.50. The third-order valence-corrected chi connectivity index (χ3v) is 4.77. The number of esters is 1. The number of anilines is 1. The highest BCUT2D eigenvalue weighted by Crippen LogP contribution is 2.27. The van der Waals surface area contributed by atoms with Crippen molar-refractivity contribution in [3.05, 3.63) is 53.1 Å². The second-order valence-electron chi connectivity index (χ2n) is 6.03. The number of nitrogens with zero attached hydrogens (tertiary/aromatic N) is 1. The van der Waals surface area contributed by atoms with E-state index in [0.29, 0.717) is 28.6 Å². The number of aromatic nitrogens is 1. The van der Waals surface area contributed by atoms with Crippen molar-refractivity contribution >= 4 is 38.6 Å². The van der Waals surface area contributed by atoms with Gasteiger partial charge in [0.25, 0.3) is 5.91 Å². The lowest BCUT2D eigenvalue weighted by Gasteiger charge is -2.09. The van der Waals surface area contributed by atoms with E-state index in [1.807, 2.05) is 32.0 Å². The zero-order valence-electron chi connectivity index (χ0n) is 15.4. The SMILES string of the molecule is CCOC(=O)c1ccc2nc(NC(=O)COc3ccc(C)cc3C)sc2c1. The van der Waals surface area contributed by atoms with Crippen molar-refractivity contribution in [2.75, 3.05) is 18.5 Å². The van der Waals surface area contributed by atoms with Crippen LogP contribution in [0.3, 0.4) is 0 Å². The van der Waals surface area contributed by atoms with E-state index in [9.17, 15) is 9.59 Å². The molecular weight excluding hydrogens is 364 g/mol. The highest BCUT2D eigenvalue weighted by molar-refractivity contribution is 7.22. The highest BCUT2D eigenvalue weighted by Gasteiger charge is 2.12. The number of rotatable bonds is 6. The molecule has 1 N–H and O–H groups in total. The van der Waals surface area contributed by atoms with Gasteiger partial charge in [-0.15, -0.1) is 0 Å². The van der Waals surface area contributed by atoms with E-state index >= 15 is 0 Å². The number of carbonyl (C=O) groups is 2. The summed E-state index contributed by atoms with van der Waals surface area (Å²) in [5, 5.41) is 3.19. The first kappa shape index (κ1) is 18.8. The molecule has 0 atom stereocenters. The summed E-state index contributed by atoms with van der Waals surface area (Å²) in [7, 11) is 0. The van der Waals surface area contributed by atoms with Gasteiger partial charge in [-0.05, 0) is 50.6 Å². The van der Waals surface area contributed by atoms with Crippen LogP contribution in [0, 0.1) is 13.8 Å². The minimum atomic E-state index is -0.375. The monoisotopic (exact) mass is 384 g/mol. The fraction of sp³-hybridized carbons (Fsp3) is 0.250. The lowest BCUT2D eigenvalue weighted by atomic mass is 10.1. The largest absolute Gasteiger partial charge is 0.483 e. The van der Waals surface area contributed by atoms with Gasteiger partial charge in [0.05, 0.1) is 22.4 Å². The molecule has 7 heteroatoms. The van der Waals surface area contributed by atoms with Gasteiger partial charge < -0.3 is 9.47 Å². The van der Waals surface area contributed by atoms with E-state index in [4.69, 9.17) is 9.47 Å². The summed E-state index contributed by atoms with van der Waals surface area (Å²) in [6.45, 7) is 5.92. The van der Waals surface area contributed by atoms with E-state index in [1.54, 1.807) is 25.1 Å². The molecule has 3 aromatic rings. The predicted molar refractivity (Wildman–Crippen MR) is 106 cm³/mol. The number of fused-ring (bicyclic) bond motifs is 1. The molecule has 0 aliphatic heterocycles. The van der Waals surface area contributed by atoms with Crippen LogP contribution in [-0.2, 0) is 9.53 Å². The third kappa shape index (κ3) is 4.62. The Morgan fingerprint density at radius 3 is 2.70 bits per heavy atom. The fourth-order valence-electron chi connectivity index (χ4n) is 2.58. The Bertz CT molecular complexity index is 997. The summed E-state index contributed by atoms with van der Waals surface area (Å²) in [4.78, 5) is 28.3. The van der Waals surface area contributed by atoms with Crippen molar-refractivity contribution < 1.29 is 19.1 Å². The van der Waals surface area contributed by atoms with Crippen molar-refractivity contribution in [1.29, 1.82) is 0 Å². The van der Waals surface area contributed by atoms with E-state index in [1.165, 1.54) is 11.3 Å². The number of hydrogen-bond acceptors (Lipinski definition) is 6. The first-order chi connectivity index (χ1) is 13.0. The molecule has 0 radical (unpaired) electrons. The molecule has 3 rings (SSSR count). The average Bonchev–Trinajstić information content (AvgIpc) is 3.02. The van der Waals surface area contributed by atoms with Gasteiger partial charge in [-0.3, -0.25) is 10.1 Å². The number of thiazole rings is 1. The molecular formula is C20H20N2O4S. The third-order valence-electron chi connectivity index (χ3n) is 3.84. The van der Waals surface area contributed by atoms with Gasteiger partial charge in [0.1, 0.15) is 5.75 Å². The Morgan fingerprint density at radius 1 is 1.15 bits per heavy atom. The molecule has 1 amide bonds. The summed E-state index contributed by atoms with van der Waals surface area (Å²) >= 11 is 1.30. The Labute approximate surface area is 161 Å². The Morgan fingerprint density at radius 2 is 1.96 bits per heavy atom. The summed E-state index contributed by atoms with van der Waals surface area (Å²) < 4.78 is 11.4. The van der Waals surface area contributed by atoms with Gasteiger partial charge in [0, 0.05) is 0 Å². The molecule has 0 spiro atoms. The summed E-state index contributed by atoms with van der Waals surface area (Å²) in [5.74, 6) is 0.0130. The molecule has 1 aromatic heterocycles. The highest BCUT2D eigenvalue weighted by atomic mass is 32.1. The number of amides is 1. The molecule has 2 aromatic carbocycles. The Kier molecular flexibility index (Phi) is 5.71. The maximum absolute atomic E-state index is 12.2. The first-order valence-electron chi connectivity index (χ1n) is 8.54. The van der Waals surface area contributed by atoms with E-state index in [2.05, 4.69) is 10.3 Å². The standard InChI is InChI=1S/C20H20N2O4S/c1-4-25-19(24)14-6-7-15-17(10-14)27-20(21-15)22-18(23)11-26-16-8-5-12(2)9-13(16)3/h5-10H,4,11H2,1-3H3,(H,21,22,23). The summed E-state index contributed by atoms with van der Waals surface area (Å²) in [6, 6.07) is 10.9. The van der Waals surface area contributed by atoms with Gasteiger partial charge >= 0.3 is 5.97 Å². The van der Waals surface area contributed by atoms with Gasteiger partial charge in [-0.25, -0.2) is 9.78 Å². The molecule has 0 saturated carbocycles. The maximum atomic E-state index is 12.2. The predicted octanol–water partition coefficient (Wildman–Crippen LogP) is 4.11. The molecule has 0 aliphatic rings. The van der Waals surface area contributed by atoms with Crippen LogP contribution in [0.25, 0.3) is 10.2 Å². The molecule has 1 heterocycles. The van der Waals surface area contributed by atoms with Gasteiger partial charge in [-0.2, -0.15) is 0 Å². The molecule has 0 fully saturated rings. The van der Waals surface area contributed by atoms with Crippen LogP contribution in [0.1, 0.15) is 28.4 Å². The number of nitrogens with one attached hydrogen (secondary N) is 1. The van der Waals surface area contributed by atoms with Crippen LogP contribution < -0.4 is 10.1 Å². The summed E-state index contributed by atoms with van der Waals surface area (Å²) in [5.41, 5.74) is 3.29. The topological polar surface area (TPSA) is 77.5 Å². The maximum Gasteiger partial charge on any atom is 0.338 e. The van der Waals surface area contributed by atoms with Crippen LogP contribution >= 0.6 is 11.3 Å². The van der Waals surface area contributed by atoms with Crippen LogP contribution in [0.4, 0.5) is 5.13 Å². The Balaban J connectivity index is 1.65. The zero-order chi connectivity index (χ0) is 19.4. The summed E-state index contributed by atoms with van der Waals surface area (Å²) in [6.07, 6.45) is 0. The van der Waals surface area contributed by atoms with Crippen molar-refractivity contribution in [3.63, 3.8) is 0 Å². The second kappa shape index (κ2) is 8.18. The lowest BCUT2D eigenvalue weighted by molar-refractivity contribution is -0.118. The van der Waals surface area contributed by atoms with E-state index in [-0.39, 0.29) is 18.5 Å². The molecule has 0 unspecified atom stereocenters. The second-order valence-corrected chi connectivity index (χ2v) is 7.06. The van der Waals surface area contributed by atoms with Crippen LogP contribution in [0.5, 0.6) is 5.75 Å². The molecule has 27 heavy (non-hydrogen) atoms. The molecule has 6 nitrogen and oxygen atoms in total. The molecule has 140 valence electrons. The van der Waals surface area contributed by atoms with Gasteiger partial charge in [0.2, 0.25) is 0 Å². The Hall–Kier alpha value is -2.93. The normalized spacial score (nSPS) is 10.6. The van der Waals surface area contributed by atoms with Crippen molar-refractivity contribution in [2.45, 2.75) is 20.8 Å². The van der Waals surface area contributed by atoms with Crippen LogP contribution in [0.2, 0.25) is 0 Å². The van der Waals surface area contributed by atoms with Crippen molar-refractivity contribution in [3.8, 4) is 5.75 Å². The molecule has 0 saturated heterocycles. The molecule has 0 aliphatic carbocycles. The van der Waals surface area contributed by atoms with Crippen LogP contribution in [-0.4, -0.2) is 30.1 Å². The first-order valence-corrected chi connectivity index (χ1v) is 9.35. The number of carbonyl (C=O) groups excluding carboxylic acids is 2. The minimum Gasteiger partial charge on any atom is -0.483 e. The van der Waals surface area contributed by atoms with Gasteiger partial charge in [0.15, 0.2) is 11.7 Å². The number of ether oxygens (including phenoxy) is 2. The molecule has 0 bridgehead atoms. The van der Waals surface area contributed by atoms with E-state index < -0.39 is 0 Å². The van der Waals surface area contributed by atoms with Crippen molar-refractivity contribution in [1.82, 2.24) is 4.98 Å². The quantitative estimate of drug-likeness (QED) is 0.647. The smallest absolute Gasteiger partial charge is 0.338 e. The van der Waals surface area contributed by atoms with Gasteiger partial charge in [-0.1, -0.05) is 29.0 Å². The number of benzene rings is 2. The lowest BCUT2D eigenvalue weighted by Crippen LogP contribution is -2.20. The number of aryl methyl sites for hydroxylation is 2.